The first-order valence-electron chi connectivity index (χ1n) is 5.82. The fraction of sp³-hybridized carbons (Fsp3) is 0.818. The van der Waals surface area contributed by atoms with Gasteiger partial charge in [-0.2, -0.15) is 0 Å². The van der Waals surface area contributed by atoms with E-state index < -0.39 is 0 Å². The minimum absolute atomic E-state index is 0.311. The predicted molar refractivity (Wildman–Crippen MR) is 60.8 cm³/mol. The number of aromatic nitrogens is 2. The van der Waals surface area contributed by atoms with E-state index in [1.54, 1.807) is 0 Å². The number of rotatable bonds is 4. The third-order valence-corrected chi connectivity index (χ3v) is 4.02. The summed E-state index contributed by atoms with van der Waals surface area (Å²) in [4.78, 5) is 1.02. The molecular formula is C11H18N2OS. The number of hydrogen-bond acceptors (Lipinski definition) is 4. The lowest BCUT2D eigenvalue weighted by atomic mass is 9.98. The van der Waals surface area contributed by atoms with Crippen LogP contribution < -0.4 is 0 Å². The van der Waals surface area contributed by atoms with Crippen LogP contribution in [0.4, 0.5) is 0 Å². The van der Waals surface area contributed by atoms with Crippen LogP contribution in [0.5, 0.6) is 0 Å². The Morgan fingerprint density at radius 3 is 2.87 bits per heavy atom. The van der Waals surface area contributed by atoms with Crippen molar-refractivity contribution < 1.29 is 5.11 Å². The molecule has 0 amide bonds. The van der Waals surface area contributed by atoms with Crippen molar-refractivity contribution in [1.29, 1.82) is 0 Å². The van der Waals surface area contributed by atoms with Crippen molar-refractivity contribution in [1.82, 2.24) is 9.59 Å². The Balaban J connectivity index is 2.09. The molecule has 0 aliphatic heterocycles. The smallest absolute Gasteiger partial charge is 0.0945 e. The summed E-state index contributed by atoms with van der Waals surface area (Å²) >= 11 is 1.37. The van der Waals surface area contributed by atoms with Crippen LogP contribution in [-0.2, 0) is 6.42 Å². The van der Waals surface area contributed by atoms with Crippen LogP contribution in [-0.4, -0.2) is 14.7 Å². The second-order valence-corrected chi connectivity index (χ2v) is 5.11. The maximum atomic E-state index is 10.2. The first-order valence-corrected chi connectivity index (χ1v) is 6.59. The number of nitrogens with zero attached hydrogens (tertiary/aromatic N) is 2. The van der Waals surface area contributed by atoms with E-state index in [4.69, 9.17) is 0 Å². The molecular weight excluding hydrogens is 208 g/mol. The van der Waals surface area contributed by atoms with Gasteiger partial charge in [-0.05, 0) is 36.7 Å². The lowest BCUT2D eigenvalue weighted by Crippen LogP contribution is -2.09. The molecule has 1 atom stereocenters. The molecule has 1 saturated carbocycles. The largest absolute Gasteiger partial charge is 0.387 e. The van der Waals surface area contributed by atoms with E-state index in [0.717, 1.165) is 36.3 Å². The summed E-state index contributed by atoms with van der Waals surface area (Å²) in [5.41, 5.74) is 1.02. The van der Waals surface area contributed by atoms with Gasteiger partial charge < -0.3 is 5.11 Å². The molecule has 0 aromatic carbocycles. The lowest BCUT2D eigenvalue weighted by molar-refractivity contribution is 0.114. The highest BCUT2D eigenvalue weighted by Crippen LogP contribution is 2.37. The van der Waals surface area contributed by atoms with Crippen molar-refractivity contribution in [2.24, 2.45) is 5.92 Å². The fourth-order valence-corrected chi connectivity index (χ4v) is 3.11. The molecule has 0 spiro atoms. The SMILES string of the molecule is CCCc1nnsc1C(O)C1CCCC1. The van der Waals surface area contributed by atoms with Gasteiger partial charge in [0.15, 0.2) is 0 Å². The Labute approximate surface area is 94.7 Å². The van der Waals surface area contributed by atoms with Crippen molar-refractivity contribution >= 4 is 11.5 Å². The second kappa shape index (κ2) is 5.03. The molecule has 1 aliphatic rings. The minimum atomic E-state index is -0.311. The first kappa shape index (κ1) is 11.0. The molecule has 1 aromatic heterocycles. The third kappa shape index (κ3) is 2.37. The van der Waals surface area contributed by atoms with Crippen LogP contribution in [0.2, 0.25) is 0 Å². The molecule has 1 aliphatic carbocycles. The molecule has 2 rings (SSSR count). The van der Waals surface area contributed by atoms with Crippen LogP contribution >= 0.6 is 11.5 Å². The van der Waals surface area contributed by atoms with E-state index >= 15 is 0 Å². The number of aryl methyl sites for hydroxylation is 1. The van der Waals surface area contributed by atoms with Gasteiger partial charge in [-0.15, -0.1) is 5.10 Å². The first-order chi connectivity index (χ1) is 7.33. The van der Waals surface area contributed by atoms with Gasteiger partial charge in [0.05, 0.1) is 16.7 Å². The van der Waals surface area contributed by atoms with Gasteiger partial charge in [0.2, 0.25) is 0 Å². The lowest BCUT2D eigenvalue weighted by Gasteiger charge is -2.16. The Morgan fingerprint density at radius 1 is 1.47 bits per heavy atom. The maximum Gasteiger partial charge on any atom is 0.0945 e. The second-order valence-electron chi connectivity index (χ2n) is 4.32. The van der Waals surface area contributed by atoms with Crippen LogP contribution in [0.25, 0.3) is 0 Å². The summed E-state index contributed by atoms with van der Waals surface area (Å²) in [6.07, 6.45) is 6.53. The summed E-state index contributed by atoms with van der Waals surface area (Å²) in [5, 5.41) is 14.4. The van der Waals surface area contributed by atoms with Gasteiger partial charge in [0, 0.05) is 0 Å². The highest BCUT2D eigenvalue weighted by molar-refractivity contribution is 7.05. The minimum Gasteiger partial charge on any atom is -0.387 e. The van der Waals surface area contributed by atoms with Crippen LogP contribution in [0, 0.1) is 5.92 Å². The predicted octanol–water partition coefficient (Wildman–Crippen LogP) is 2.71. The molecule has 1 N–H and O–H groups in total. The summed E-state index contributed by atoms with van der Waals surface area (Å²) in [6, 6.07) is 0. The van der Waals surface area contributed by atoms with Crippen LogP contribution in [0.1, 0.15) is 55.7 Å². The monoisotopic (exact) mass is 226 g/mol. The highest BCUT2D eigenvalue weighted by atomic mass is 32.1. The van der Waals surface area contributed by atoms with Gasteiger partial charge in [0.1, 0.15) is 0 Å². The zero-order chi connectivity index (χ0) is 10.7. The zero-order valence-corrected chi connectivity index (χ0v) is 9.96. The van der Waals surface area contributed by atoms with Gasteiger partial charge in [0.25, 0.3) is 0 Å². The number of aliphatic hydroxyl groups excluding tert-OH is 1. The summed E-state index contributed by atoms with van der Waals surface area (Å²) in [7, 11) is 0. The third-order valence-electron chi connectivity index (χ3n) is 3.19. The topological polar surface area (TPSA) is 46.0 Å². The quantitative estimate of drug-likeness (QED) is 0.858. The van der Waals surface area contributed by atoms with E-state index in [1.807, 2.05) is 0 Å². The standard InChI is InChI=1S/C11H18N2OS/c1-2-5-9-11(15-13-12-9)10(14)8-6-3-4-7-8/h8,10,14H,2-7H2,1H3. The Morgan fingerprint density at radius 2 is 2.20 bits per heavy atom. The van der Waals surface area contributed by atoms with Crippen molar-refractivity contribution in [3.8, 4) is 0 Å². The van der Waals surface area contributed by atoms with Crippen LogP contribution in [0.15, 0.2) is 0 Å². The van der Waals surface area contributed by atoms with E-state index in [9.17, 15) is 5.11 Å². The molecule has 4 heteroatoms. The van der Waals surface area contributed by atoms with Gasteiger partial charge in [-0.1, -0.05) is 30.7 Å². The molecule has 1 unspecified atom stereocenters. The average molecular weight is 226 g/mol. The van der Waals surface area contributed by atoms with Gasteiger partial charge in [-0.3, -0.25) is 0 Å². The molecule has 1 fully saturated rings. The normalized spacial score (nSPS) is 19.6. The Bertz CT molecular complexity index is 307. The zero-order valence-electron chi connectivity index (χ0n) is 9.15. The Hall–Kier alpha value is -0.480. The molecule has 3 nitrogen and oxygen atoms in total. The molecule has 84 valence electrons. The molecule has 15 heavy (non-hydrogen) atoms. The molecule has 0 saturated heterocycles. The highest BCUT2D eigenvalue weighted by Gasteiger charge is 2.27. The van der Waals surface area contributed by atoms with Gasteiger partial charge >= 0.3 is 0 Å². The van der Waals surface area contributed by atoms with E-state index in [1.165, 1.54) is 24.4 Å². The van der Waals surface area contributed by atoms with E-state index in [2.05, 4.69) is 16.5 Å². The van der Waals surface area contributed by atoms with Crippen molar-refractivity contribution in [3.05, 3.63) is 10.6 Å². The van der Waals surface area contributed by atoms with Crippen LogP contribution in [0.3, 0.4) is 0 Å². The van der Waals surface area contributed by atoms with Crippen molar-refractivity contribution in [2.75, 3.05) is 0 Å². The van der Waals surface area contributed by atoms with Crippen molar-refractivity contribution in [2.45, 2.75) is 51.6 Å². The fourth-order valence-electron chi connectivity index (χ4n) is 2.34. The summed E-state index contributed by atoms with van der Waals surface area (Å²) < 4.78 is 3.96. The van der Waals surface area contributed by atoms with E-state index in [0.29, 0.717) is 5.92 Å². The molecule has 0 bridgehead atoms. The van der Waals surface area contributed by atoms with Crippen molar-refractivity contribution in [3.63, 3.8) is 0 Å². The molecule has 1 aromatic rings. The number of aliphatic hydroxyl groups is 1. The van der Waals surface area contributed by atoms with E-state index in [-0.39, 0.29) is 6.10 Å². The number of hydrogen-bond donors (Lipinski definition) is 1. The molecule has 1 heterocycles. The summed E-state index contributed by atoms with van der Waals surface area (Å²) in [5.74, 6) is 0.447. The average Bonchev–Trinajstić information content (AvgIpc) is 2.87. The Kier molecular flexibility index (Phi) is 3.70. The molecule has 0 radical (unpaired) electrons. The summed E-state index contributed by atoms with van der Waals surface area (Å²) in [6.45, 7) is 2.13. The van der Waals surface area contributed by atoms with Gasteiger partial charge in [-0.25, -0.2) is 0 Å². The maximum absolute atomic E-state index is 10.2.